The average molecular weight is 885 g/mol. The SMILES string of the molecule is COCCOc1c(C#Cc2ccc3nc(C4CCCN4C(=O)C(NC(=O)OC)C(C)C)[nH]c3c2)ccc(-c2cnc(C3CCCN3C(=O)C(NC(=O)OC)C(C)C)[nH]2)c1OCCOC. The second-order valence-electron chi connectivity index (χ2n) is 16.4. The van der Waals surface area contributed by atoms with Crippen LogP contribution in [0.4, 0.5) is 9.59 Å². The van der Waals surface area contributed by atoms with E-state index in [0.717, 1.165) is 30.3 Å². The Morgan fingerprint density at radius 1 is 0.734 bits per heavy atom. The van der Waals surface area contributed by atoms with Gasteiger partial charge in [0.15, 0.2) is 11.5 Å². The van der Waals surface area contributed by atoms with Gasteiger partial charge in [0.05, 0.1) is 68.0 Å². The minimum atomic E-state index is -0.760. The van der Waals surface area contributed by atoms with Crippen LogP contribution in [-0.2, 0) is 28.5 Å². The van der Waals surface area contributed by atoms with Gasteiger partial charge in [0.25, 0.3) is 0 Å². The maximum Gasteiger partial charge on any atom is 0.407 e. The normalized spacial score (nSPS) is 17.0. The van der Waals surface area contributed by atoms with Gasteiger partial charge in [0.2, 0.25) is 11.8 Å². The summed E-state index contributed by atoms with van der Waals surface area (Å²) in [4.78, 5) is 71.7. The first-order valence-electron chi connectivity index (χ1n) is 21.7. The number of aromatic nitrogens is 4. The highest BCUT2D eigenvalue weighted by Crippen LogP contribution is 2.42. The summed E-state index contributed by atoms with van der Waals surface area (Å²) in [6, 6.07) is 7.34. The minimum Gasteiger partial charge on any atom is -0.487 e. The maximum atomic E-state index is 13.8. The maximum absolute atomic E-state index is 13.8. The zero-order valence-electron chi connectivity index (χ0n) is 37.9. The summed E-state index contributed by atoms with van der Waals surface area (Å²) in [5, 5.41) is 5.39. The predicted octanol–water partition coefficient (Wildman–Crippen LogP) is 5.49. The van der Waals surface area contributed by atoms with E-state index in [1.54, 1.807) is 30.2 Å². The van der Waals surface area contributed by atoms with Crippen molar-refractivity contribution in [1.29, 1.82) is 0 Å². The summed E-state index contributed by atoms with van der Waals surface area (Å²) in [6.45, 7) is 9.67. The smallest absolute Gasteiger partial charge is 0.407 e. The van der Waals surface area contributed by atoms with E-state index in [-0.39, 0.29) is 48.9 Å². The molecule has 4 unspecified atom stereocenters. The molecule has 18 nitrogen and oxygen atoms in total. The van der Waals surface area contributed by atoms with Crippen LogP contribution in [0.1, 0.15) is 88.2 Å². The third-order valence-corrected chi connectivity index (χ3v) is 11.4. The van der Waals surface area contributed by atoms with E-state index in [0.29, 0.717) is 78.3 Å². The van der Waals surface area contributed by atoms with Crippen molar-refractivity contribution in [2.75, 3.05) is 68.0 Å². The van der Waals surface area contributed by atoms with Crippen LogP contribution in [0.2, 0.25) is 0 Å². The number of nitrogens with zero attached hydrogens (tertiary/aromatic N) is 4. The number of methoxy groups -OCH3 is 4. The summed E-state index contributed by atoms with van der Waals surface area (Å²) < 4.78 is 33.0. The van der Waals surface area contributed by atoms with E-state index in [2.05, 4.69) is 32.4 Å². The van der Waals surface area contributed by atoms with Gasteiger partial charge in [-0.2, -0.15) is 0 Å². The number of alkyl carbamates (subject to hydrolysis) is 2. The monoisotopic (exact) mass is 884 g/mol. The molecule has 0 radical (unpaired) electrons. The quantitative estimate of drug-likeness (QED) is 0.0766. The third kappa shape index (κ3) is 10.9. The fourth-order valence-electron chi connectivity index (χ4n) is 8.05. The molecule has 2 saturated heterocycles. The van der Waals surface area contributed by atoms with Crippen molar-refractivity contribution in [3.05, 3.63) is 59.3 Å². The number of hydrogen-bond donors (Lipinski definition) is 4. The number of carbonyl (C=O) groups is 4. The van der Waals surface area contributed by atoms with Gasteiger partial charge < -0.3 is 58.8 Å². The number of nitrogens with one attached hydrogen (secondary N) is 4. The molecule has 18 heteroatoms. The fraction of sp³-hybridized carbons (Fsp3) is 0.522. The third-order valence-electron chi connectivity index (χ3n) is 11.4. The molecule has 4 N–H and O–H groups in total. The largest absolute Gasteiger partial charge is 0.487 e. The zero-order valence-corrected chi connectivity index (χ0v) is 37.9. The number of fused-ring (bicyclic) bond motifs is 1. The number of imidazole rings is 2. The molecular formula is C46H60N8O10. The molecule has 2 fully saturated rings. The molecular weight excluding hydrogens is 825 g/mol. The summed E-state index contributed by atoms with van der Waals surface area (Å²) in [6.07, 6.45) is 3.39. The molecule has 0 aliphatic carbocycles. The summed E-state index contributed by atoms with van der Waals surface area (Å²) in [5.74, 6) is 8.01. The molecule has 344 valence electrons. The standard InChI is InChI=1S/C46H60N8O10/c1-27(2)37(51-45(57)61-7)43(55)53-19-9-11-35(53)41-47-26-34(50-41)31-17-16-30(39(63-23-21-59-5)40(31)64-24-22-60-6)15-13-29-14-18-32-33(25-29)49-42(48-32)36-12-10-20-54(36)44(56)38(28(3)4)52-46(58)62-8/h14,16-18,25-28,35-38H,9-12,19-24H2,1-8H3,(H,47,50)(H,48,49)(H,51,57)(H,52,58). The second kappa shape index (κ2) is 21.8. The van der Waals surface area contributed by atoms with Crippen molar-refractivity contribution in [2.45, 2.75) is 77.5 Å². The average Bonchev–Trinajstić information content (AvgIpc) is 4.13. The van der Waals surface area contributed by atoms with Crippen molar-refractivity contribution in [3.63, 3.8) is 0 Å². The van der Waals surface area contributed by atoms with Gasteiger partial charge >= 0.3 is 12.2 Å². The first-order valence-corrected chi connectivity index (χ1v) is 21.7. The number of hydrogen-bond acceptors (Lipinski definition) is 12. The number of rotatable bonds is 17. The van der Waals surface area contributed by atoms with Gasteiger partial charge in [-0.3, -0.25) is 9.59 Å². The molecule has 2 aromatic carbocycles. The van der Waals surface area contributed by atoms with Gasteiger partial charge in [0, 0.05) is 38.4 Å². The number of H-pyrrole nitrogens is 2. The van der Waals surface area contributed by atoms with Crippen molar-refractivity contribution in [2.24, 2.45) is 11.8 Å². The Balaban J connectivity index is 1.29. The molecule has 64 heavy (non-hydrogen) atoms. The minimum absolute atomic E-state index is 0.146. The van der Waals surface area contributed by atoms with Crippen LogP contribution < -0.4 is 20.1 Å². The first kappa shape index (κ1) is 47.2. The Morgan fingerprint density at radius 3 is 1.88 bits per heavy atom. The second-order valence-corrected chi connectivity index (χ2v) is 16.4. The molecule has 0 spiro atoms. The zero-order chi connectivity index (χ0) is 45.9. The van der Waals surface area contributed by atoms with Crippen LogP contribution in [0.5, 0.6) is 11.5 Å². The lowest BCUT2D eigenvalue weighted by molar-refractivity contribution is -0.136. The molecule has 2 aliphatic rings. The Labute approximate surface area is 373 Å². The number of aromatic amines is 2. The van der Waals surface area contributed by atoms with Crippen LogP contribution in [0, 0.1) is 23.7 Å². The number of benzene rings is 2. The van der Waals surface area contributed by atoms with Crippen LogP contribution >= 0.6 is 0 Å². The summed E-state index contributed by atoms with van der Waals surface area (Å²) in [7, 11) is 5.74. The van der Waals surface area contributed by atoms with E-state index >= 15 is 0 Å². The first-order chi connectivity index (χ1) is 30.9. The van der Waals surface area contributed by atoms with Gasteiger partial charge in [-0.1, -0.05) is 39.5 Å². The van der Waals surface area contributed by atoms with E-state index < -0.39 is 24.3 Å². The lowest BCUT2D eigenvalue weighted by Gasteiger charge is -2.30. The molecule has 0 saturated carbocycles. The molecule has 4 aromatic rings. The van der Waals surface area contributed by atoms with Crippen molar-refractivity contribution < 1.29 is 47.6 Å². The molecule has 0 bridgehead atoms. The Bertz CT molecular complexity index is 2330. The number of likely N-dealkylation sites (tertiary alicyclic amines) is 2. The summed E-state index contributed by atoms with van der Waals surface area (Å²) in [5.41, 5.74) is 4.10. The highest BCUT2D eigenvalue weighted by atomic mass is 16.6. The molecule has 4 amide bonds. The van der Waals surface area contributed by atoms with Gasteiger partial charge in [-0.15, -0.1) is 0 Å². The number of ether oxygens (including phenoxy) is 6. The van der Waals surface area contributed by atoms with Crippen LogP contribution in [0.25, 0.3) is 22.3 Å². The lowest BCUT2D eigenvalue weighted by Crippen LogP contribution is -2.51. The Morgan fingerprint density at radius 2 is 1.31 bits per heavy atom. The molecule has 2 aromatic heterocycles. The number of amides is 4. The van der Waals surface area contributed by atoms with Crippen molar-refractivity contribution >= 4 is 35.0 Å². The van der Waals surface area contributed by atoms with Crippen LogP contribution in [0.3, 0.4) is 0 Å². The fourth-order valence-corrected chi connectivity index (χ4v) is 8.05. The van der Waals surface area contributed by atoms with Crippen LogP contribution in [0.15, 0.2) is 36.5 Å². The Kier molecular flexibility index (Phi) is 16.1. The molecule has 4 heterocycles. The van der Waals surface area contributed by atoms with Gasteiger partial charge in [-0.25, -0.2) is 19.6 Å². The van der Waals surface area contributed by atoms with Gasteiger partial charge in [-0.05, 0) is 67.9 Å². The number of carbonyl (C=O) groups excluding carboxylic acids is 4. The van der Waals surface area contributed by atoms with Gasteiger partial charge in [0.1, 0.15) is 36.9 Å². The Hall–Kier alpha value is -6.32. The lowest BCUT2D eigenvalue weighted by atomic mass is 10.0. The van der Waals surface area contributed by atoms with E-state index in [9.17, 15) is 19.2 Å². The predicted molar refractivity (Wildman–Crippen MR) is 237 cm³/mol. The van der Waals surface area contributed by atoms with E-state index in [4.69, 9.17) is 38.4 Å². The topological polar surface area (TPSA) is 212 Å². The van der Waals surface area contributed by atoms with Crippen molar-refractivity contribution in [3.8, 4) is 34.6 Å². The molecule has 2 aliphatic heterocycles. The summed E-state index contributed by atoms with van der Waals surface area (Å²) >= 11 is 0. The highest BCUT2D eigenvalue weighted by Gasteiger charge is 2.39. The van der Waals surface area contributed by atoms with Crippen LogP contribution in [-0.4, -0.2) is 134 Å². The molecule has 4 atom stereocenters. The molecule has 6 rings (SSSR count). The van der Waals surface area contributed by atoms with E-state index in [1.807, 2.05) is 58.0 Å². The van der Waals surface area contributed by atoms with E-state index in [1.165, 1.54) is 14.2 Å². The highest BCUT2D eigenvalue weighted by molar-refractivity contribution is 5.87. The van der Waals surface area contributed by atoms with Crippen molar-refractivity contribution in [1.82, 2.24) is 40.4 Å².